The Kier molecular flexibility index (Phi) is 4.22. The summed E-state index contributed by atoms with van der Waals surface area (Å²) in [5, 5.41) is 2.31. The van der Waals surface area contributed by atoms with Gasteiger partial charge >= 0.3 is 0 Å². The number of aryl methyl sites for hydroxylation is 2. The van der Waals surface area contributed by atoms with Crippen LogP contribution in [0.3, 0.4) is 0 Å². The van der Waals surface area contributed by atoms with Crippen molar-refractivity contribution in [3.63, 3.8) is 0 Å². The van der Waals surface area contributed by atoms with Gasteiger partial charge in [-0.3, -0.25) is 0 Å². The maximum Gasteiger partial charge on any atom is 0.216 e. The van der Waals surface area contributed by atoms with Crippen molar-refractivity contribution in [1.29, 1.82) is 0 Å². The Morgan fingerprint density at radius 2 is 1.59 bits per heavy atom. The predicted molar refractivity (Wildman–Crippen MR) is 139 cm³/mol. The van der Waals surface area contributed by atoms with Gasteiger partial charge in [-0.25, -0.2) is 4.57 Å². The van der Waals surface area contributed by atoms with E-state index < -0.39 is 5.89 Å². The second-order valence-electron chi connectivity index (χ2n) is 10.4. The van der Waals surface area contributed by atoms with Gasteiger partial charge in [-0.15, -0.1) is 0 Å². The van der Waals surface area contributed by atoms with E-state index in [1.807, 2.05) is 12.1 Å². The van der Waals surface area contributed by atoms with Gasteiger partial charge < -0.3 is 4.42 Å². The van der Waals surface area contributed by atoms with Crippen LogP contribution in [0.25, 0.3) is 44.3 Å². The summed E-state index contributed by atoms with van der Waals surface area (Å²) in [5.74, 6) is 1.14. The number of pyridine rings is 1. The molecule has 2 bridgehead atoms. The molecule has 0 radical (unpaired) electrons. The van der Waals surface area contributed by atoms with Gasteiger partial charge in [0.2, 0.25) is 5.69 Å². The summed E-state index contributed by atoms with van der Waals surface area (Å²) in [4.78, 5) is 0. The summed E-state index contributed by atoms with van der Waals surface area (Å²) >= 11 is 0. The Morgan fingerprint density at radius 1 is 0.824 bits per heavy atom. The molecular formula is C32H30NO+. The summed E-state index contributed by atoms with van der Waals surface area (Å²) in [6.45, 7) is 2.16. The minimum absolute atomic E-state index is 0.396. The molecule has 0 unspecified atom stereocenters. The highest BCUT2D eigenvalue weighted by Gasteiger charge is 2.38. The molecule has 8 rings (SSSR count). The zero-order valence-electron chi connectivity index (χ0n) is 20.8. The van der Waals surface area contributed by atoms with Gasteiger partial charge in [0.1, 0.15) is 18.2 Å². The molecule has 3 saturated carbocycles. The van der Waals surface area contributed by atoms with E-state index in [1.54, 1.807) is 0 Å². The average molecular weight is 446 g/mol. The smallest absolute Gasteiger partial charge is 0.216 e. The van der Waals surface area contributed by atoms with E-state index in [-0.39, 0.29) is 0 Å². The number of hydrogen-bond acceptors (Lipinski definition) is 1. The molecule has 3 aliphatic rings. The first-order valence-electron chi connectivity index (χ1n) is 13.0. The SMILES string of the molecule is [2H]C1(c2ccc(-c3cc[n+](C)c(-c4c(C)ccc5c4oc4ccccc45)c3)cc2)CC2CC(C2)C1. The van der Waals surface area contributed by atoms with Crippen LogP contribution in [0.2, 0.25) is 0 Å². The Hall–Kier alpha value is -3.39. The molecule has 2 nitrogen and oxygen atoms in total. The van der Waals surface area contributed by atoms with Crippen molar-refractivity contribution in [1.82, 2.24) is 0 Å². The van der Waals surface area contributed by atoms with Crippen LogP contribution in [0, 0.1) is 18.8 Å². The molecule has 168 valence electrons. The topological polar surface area (TPSA) is 17.0 Å². The lowest BCUT2D eigenvalue weighted by Crippen LogP contribution is -2.32. The molecule has 2 aromatic heterocycles. The Balaban J connectivity index is 1.31. The highest BCUT2D eigenvalue weighted by molar-refractivity contribution is 6.09. The molecule has 0 N–H and O–H groups in total. The van der Waals surface area contributed by atoms with Gasteiger partial charge in [-0.05, 0) is 78.7 Å². The highest BCUT2D eigenvalue weighted by Crippen LogP contribution is 2.51. The van der Waals surface area contributed by atoms with Crippen LogP contribution in [0.4, 0.5) is 0 Å². The molecule has 3 fully saturated rings. The zero-order chi connectivity index (χ0) is 23.7. The number of fused-ring (bicyclic) bond motifs is 5. The van der Waals surface area contributed by atoms with Crippen LogP contribution in [-0.2, 0) is 7.05 Å². The van der Waals surface area contributed by atoms with Crippen LogP contribution in [0.15, 0.2) is 83.4 Å². The zero-order valence-corrected chi connectivity index (χ0v) is 19.8. The summed E-state index contributed by atoms with van der Waals surface area (Å²) in [7, 11) is 2.10. The number of aromatic nitrogens is 1. The molecular weight excluding hydrogens is 414 g/mol. The van der Waals surface area contributed by atoms with Crippen molar-refractivity contribution in [3.8, 4) is 22.4 Å². The quantitative estimate of drug-likeness (QED) is 0.257. The first-order chi connectivity index (χ1) is 17.0. The van der Waals surface area contributed by atoms with Crippen molar-refractivity contribution in [2.24, 2.45) is 18.9 Å². The van der Waals surface area contributed by atoms with Gasteiger partial charge in [0, 0.05) is 24.3 Å². The summed E-state index contributed by atoms with van der Waals surface area (Å²) in [6.07, 6.45) is 6.88. The molecule has 3 aromatic carbocycles. The third-order valence-corrected chi connectivity index (χ3v) is 8.19. The van der Waals surface area contributed by atoms with E-state index in [4.69, 9.17) is 5.79 Å². The fourth-order valence-corrected chi connectivity index (χ4v) is 6.32. The molecule has 34 heavy (non-hydrogen) atoms. The minimum atomic E-state index is -0.396. The van der Waals surface area contributed by atoms with E-state index in [2.05, 4.69) is 85.4 Å². The van der Waals surface area contributed by atoms with Crippen molar-refractivity contribution in [2.45, 2.75) is 38.5 Å². The van der Waals surface area contributed by atoms with Crippen LogP contribution < -0.4 is 4.57 Å². The van der Waals surface area contributed by atoms with Crippen molar-refractivity contribution >= 4 is 21.9 Å². The summed E-state index contributed by atoms with van der Waals surface area (Å²) in [6, 6.07) is 25.9. The van der Waals surface area contributed by atoms with E-state index in [0.29, 0.717) is 0 Å². The second-order valence-corrected chi connectivity index (χ2v) is 10.4. The van der Waals surface area contributed by atoms with Crippen LogP contribution in [0.5, 0.6) is 0 Å². The van der Waals surface area contributed by atoms with Crippen molar-refractivity contribution in [3.05, 3.63) is 90.1 Å². The number of benzene rings is 3. The van der Waals surface area contributed by atoms with Gasteiger partial charge in [0.05, 0.1) is 5.56 Å². The fraction of sp³-hybridized carbons (Fsp3) is 0.281. The first kappa shape index (κ1) is 19.0. The monoisotopic (exact) mass is 445 g/mol. The minimum Gasteiger partial charge on any atom is -0.455 e. The van der Waals surface area contributed by atoms with Crippen molar-refractivity contribution in [2.75, 3.05) is 0 Å². The fourth-order valence-electron chi connectivity index (χ4n) is 6.32. The lowest BCUT2D eigenvalue weighted by atomic mass is 9.60. The Bertz CT molecular complexity index is 1580. The normalized spacial score (nSPS) is 24.2. The number of rotatable bonds is 3. The van der Waals surface area contributed by atoms with E-state index >= 15 is 0 Å². The third-order valence-electron chi connectivity index (χ3n) is 8.19. The number of hydrogen-bond donors (Lipinski definition) is 0. The summed E-state index contributed by atoms with van der Waals surface area (Å²) in [5.41, 5.74) is 8.91. The standard InChI is InChI=1S/C32H30NO/c1-20-7-12-28-27-5-3-4-6-30(27)34-32(28)31(20)29-19-25(13-14-33(29)2)23-8-10-24(11-9-23)26-17-21-15-22(16-21)18-26/h3-14,19,21-22,26H,15-18H2,1-2H3/q+1/i26D. The third kappa shape index (κ3) is 3.12. The maximum absolute atomic E-state index is 9.10. The number of furan rings is 1. The van der Waals surface area contributed by atoms with E-state index in [9.17, 15) is 0 Å². The lowest BCUT2D eigenvalue weighted by Gasteiger charge is -2.45. The largest absolute Gasteiger partial charge is 0.455 e. The van der Waals surface area contributed by atoms with Gasteiger partial charge in [-0.2, -0.15) is 0 Å². The lowest BCUT2D eigenvalue weighted by molar-refractivity contribution is -0.660. The molecule has 0 saturated heterocycles. The van der Waals surface area contributed by atoms with Crippen LogP contribution in [-0.4, -0.2) is 0 Å². The molecule has 0 spiro atoms. The van der Waals surface area contributed by atoms with Gasteiger partial charge in [-0.1, -0.05) is 54.6 Å². The maximum atomic E-state index is 9.10. The first-order valence-corrected chi connectivity index (χ1v) is 12.5. The van der Waals surface area contributed by atoms with Gasteiger partial charge in [0.25, 0.3) is 0 Å². The van der Waals surface area contributed by atoms with Crippen molar-refractivity contribution < 1.29 is 10.4 Å². The average Bonchev–Trinajstić information content (AvgIpc) is 3.23. The Labute approximate surface area is 202 Å². The highest BCUT2D eigenvalue weighted by atomic mass is 16.3. The molecule has 2 heterocycles. The second kappa shape index (κ2) is 7.56. The van der Waals surface area contributed by atoms with Crippen LogP contribution in [0.1, 0.15) is 44.1 Å². The van der Waals surface area contributed by atoms with E-state index in [0.717, 1.165) is 57.9 Å². The van der Waals surface area contributed by atoms with Gasteiger partial charge in [0.15, 0.2) is 6.20 Å². The van der Waals surface area contributed by atoms with Crippen LogP contribution >= 0.6 is 0 Å². The molecule has 0 aliphatic heterocycles. The molecule has 0 atom stereocenters. The molecule has 5 aromatic rings. The number of nitrogens with zero attached hydrogens (tertiary/aromatic N) is 1. The molecule has 2 heteroatoms. The Morgan fingerprint density at radius 3 is 2.38 bits per heavy atom. The summed E-state index contributed by atoms with van der Waals surface area (Å²) < 4.78 is 17.7. The molecule has 0 amide bonds. The van der Waals surface area contributed by atoms with E-state index in [1.165, 1.54) is 35.1 Å². The predicted octanol–water partition coefficient (Wildman–Crippen LogP) is 7.96. The molecule has 3 aliphatic carbocycles. The number of para-hydroxylation sites is 1.